The summed E-state index contributed by atoms with van der Waals surface area (Å²) in [6, 6.07) is 0. The molecular weight excluding hydrogens is 148 g/mol. The number of nitrogens with zero attached hydrogens (tertiary/aromatic N) is 4. The summed E-state index contributed by atoms with van der Waals surface area (Å²) in [5, 5.41) is 18.1. The van der Waals surface area contributed by atoms with Crippen molar-refractivity contribution in [1.82, 2.24) is 0 Å². The van der Waals surface area contributed by atoms with Crippen LogP contribution in [0.15, 0.2) is 9.98 Å². The molecule has 0 spiro atoms. The molecule has 0 bridgehead atoms. The molecule has 1 saturated heterocycles. The van der Waals surface area contributed by atoms with Gasteiger partial charge in [0.25, 0.3) is 5.91 Å². The molecule has 2 aliphatic rings. The zero-order valence-electron chi connectivity index (χ0n) is 5.55. The van der Waals surface area contributed by atoms with Crippen LogP contribution in [-0.2, 0) is 0 Å². The van der Waals surface area contributed by atoms with Gasteiger partial charge in [0.05, 0.1) is 0 Å². The third-order valence-corrected chi connectivity index (χ3v) is 1.40. The molecule has 11 heavy (non-hydrogen) atoms. The highest BCUT2D eigenvalue weighted by atomic mass is 16.5. The summed E-state index contributed by atoms with van der Waals surface area (Å²) in [5.74, 6) is -1.68. The van der Waals surface area contributed by atoms with Crippen molar-refractivity contribution in [2.24, 2.45) is 9.98 Å². The van der Waals surface area contributed by atoms with E-state index in [1.807, 2.05) is 0 Å². The first-order chi connectivity index (χ1) is 5.20. The van der Waals surface area contributed by atoms with Gasteiger partial charge in [-0.25, -0.2) is 0 Å². The van der Waals surface area contributed by atoms with E-state index in [1.54, 1.807) is 0 Å². The van der Waals surface area contributed by atoms with Gasteiger partial charge in [-0.15, -0.1) is 0 Å². The predicted molar refractivity (Wildman–Crippen MR) is 37.6 cm³/mol. The van der Waals surface area contributed by atoms with E-state index in [4.69, 9.17) is 10.2 Å². The van der Waals surface area contributed by atoms with Gasteiger partial charge in [-0.2, -0.15) is 0 Å². The van der Waals surface area contributed by atoms with E-state index in [9.17, 15) is 0 Å². The summed E-state index contributed by atoms with van der Waals surface area (Å²) in [6.07, 6.45) is 2.92. The predicted octanol–water partition coefficient (Wildman–Crippen LogP) is -1.55. The van der Waals surface area contributed by atoms with Gasteiger partial charge < -0.3 is 15.6 Å². The molecule has 1 fully saturated rings. The third kappa shape index (κ3) is 0.837. The summed E-state index contributed by atoms with van der Waals surface area (Å²) in [6.45, 7) is -0.0263. The van der Waals surface area contributed by atoms with Gasteiger partial charge in [0.1, 0.15) is 12.4 Å². The summed E-state index contributed by atoms with van der Waals surface area (Å²) in [7, 11) is 0. The fraction of sp³-hybridized carbons (Fsp3) is 0.400. The van der Waals surface area contributed by atoms with Crippen LogP contribution in [0.25, 0.3) is 5.43 Å². The van der Waals surface area contributed by atoms with Crippen LogP contribution in [0, 0.1) is 0 Å². The Balaban J connectivity index is 2.34. The zero-order valence-corrected chi connectivity index (χ0v) is 5.55. The standard InChI is InChI=1S/C5H6N4O2/c10-5(11)3-8-9(5)4-6-1-2-7-4/h1-2,10-11H,3H2. The average molecular weight is 154 g/mol. The maximum Gasteiger partial charge on any atom is 0.421 e. The second-order valence-electron chi connectivity index (χ2n) is 2.24. The molecule has 0 atom stereocenters. The molecule has 0 unspecified atom stereocenters. The van der Waals surface area contributed by atoms with Crippen LogP contribution in [0.5, 0.6) is 0 Å². The molecule has 6 nitrogen and oxygen atoms in total. The highest BCUT2D eigenvalue weighted by molar-refractivity contribution is 6.25. The molecule has 2 heterocycles. The highest BCUT2D eigenvalue weighted by Crippen LogP contribution is 2.21. The van der Waals surface area contributed by atoms with Crippen LogP contribution in [-0.4, -0.2) is 45.7 Å². The van der Waals surface area contributed by atoms with Crippen molar-refractivity contribution >= 4 is 18.4 Å². The van der Waals surface area contributed by atoms with E-state index < -0.39 is 5.91 Å². The minimum Gasteiger partial charge on any atom is -0.543 e. The van der Waals surface area contributed by atoms with Crippen LogP contribution < -0.4 is 0 Å². The van der Waals surface area contributed by atoms with Crippen molar-refractivity contribution in [3.8, 4) is 0 Å². The van der Waals surface area contributed by atoms with E-state index in [2.05, 4.69) is 15.4 Å². The van der Waals surface area contributed by atoms with Gasteiger partial charge in [0.15, 0.2) is 0 Å². The van der Waals surface area contributed by atoms with Gasteiger partial charge in [-0.1, -0.05) is 9.98 Å². The molecule has 0 aromatic rings. The van der Waals surface area contributed by atoms with Crippen molar-refractivity contribution in [1.29, 1.82) is 0 Å². The molecule has 2 aliphatic heterocycles. The molecular formula is C5H6N4O2. The van der Waals surface area contributed by atoms with Crippen molar-refractivity contribution < 1.29 is 14.9 Å². The number of aliphatic hydroxyl groups is 2. The van der Waals surface area contributed by atoms with E-state index >= 15 is 0 Å². The summed E-state index contributed by atoms with van der Waals surface area (Å²) < 4.78 is 0.965. The number of hydrogen-bond acceptors (Lipinski definition) is 2. The average Bonchev–Trinajstić information content (AvgIpc) is 2.38. The number of aliphatic imine (C=N–C) groups is 2. The van der Waals surface area contributed by atoms with Crippen molar-refractivity contribution in [3.63, 3.8) is 0 Å². The molecule has 6 heteroatoms. The Morgan fingerprint density at radius 1 is 1.45 bits per heavy atom. The second-order valence-corrected chi connectivity index (χ2v) is 2.24. The normalized spacial score (nSPS) is 25.3. The fourth-order valence-electron chi connectivity index (χ4n) is 0.834. The molecule has 0 aliphatic carbocycles. The Labute approximate surface area is 62.2 Å². The maximum atomic E-state index is 9.05. The lowest BCUT2D eigenvalue weighted by Crippen LogP contribution is -2.54. The van der Waals surface area contributed by atoms with Gasteiger partial charge in [-0.05, 0) is 6.54 Å². The first kappa shape index (κ1) is 6.44. The highest BCUT2D eigenvalue weighted by Gasteiger charge is 2.35. The zero-order chi connectivity index (χ0) is 7.90. The van der Waals surface area contributed by atoms with E-state index in [0.29, 0.717) is 0 Å². The fourth-order valence-corrected chi connectivity index (χ4v) is 0.834. The smallest absolute Gasteiger partial charge is 0.421 e. The third-order valence-electron chi connectivity index (χ3n) is 1.40. The summed E-state index contributed by atoms with van der Waals surface area (Å²) >= 11 is 0. The number of guanidine groups is 1. The second kappa shape index (κ2) is 1.86. The monoisotopic (exact) mass is 154 g/mol. The van der Waals surface area contributed by atoms with Crippen LogP contribution in [0.4, 0.5) is 0 Å². The number of rotatable bonds is 0. The van der Waals surface area contributed by atoms with E-state index in [-0.39, 0.29) is 12.5 Å². The van der Waals surface area contributed by atoms with Crippen LogP contribution in [0.1, 0.15) is 0 Å². The van der Waals surface area contributed by atoms with Crippen molar-refractivity contribution in [3.05, 3.63) is 5.43 Å². The van der Waals surface area contributed by atoms with Gasteiger partial charge >= 0.3 is 5.96 Å². The van der Waals surface area contributed by atoms with Gasteiger partial charge in [0, 0.05) is 0 Å². The molecule has 2 N–H and O–H groups in total. The molecule has 2 rings (SSSR count). The Hall–Kier alpha value is -1.27. The van der Waals surface area contributed by atoms with E-state index in [0.717, 1.165) is 4.68 Å². The van der Waals surface area contributed by atoms with Crippen LogP contribution in [0.2, 0.25) is 0 Å². The van der Waals surface area contributed by atoms with Gasteiger partial charge in [-0.3, -0.25) is 4.68 Å². The molecule has 0 amide bonds. The number of hydrogen-bond donors (Lipinski definition) is 2. The summed E-state index contributed by atoms with van der Waals surface area (Å²) in [5.41, 5.74) is 3.67. The summed E-state index contributed by atoms with van der Waals surface area (Å²) in [4.78, 5) is 7.47. The topological polar surface area (TPSA) is 82.3 Å². The van der Waals surface area contributed by atoms with E-state index in [1.165, 1.54) is 12.4 Å². The molecule has 0 saturated carbocycles. The van der Waals surface area contributed by atoms with Crippen molar-refractivity contribution in [2.45, 2.75) is 5.91 Å². The minimum atomic E-state index is -1.89. The molecule has 0 aromatic heterocycles. The van der Waals surface area contributed by atoms with Crippen LogP contribution >= 0.6 is 0 Å². The van der Waals surface area contributed by atoms with Crippen LogP contribution in [0.3, 0.4) is 0 Å². The maximum absolute atomic E-state index is 9.05. The Kier molecular flexibility index (Phi) is 1.09. The largest absolute Gasteiger partial charge is 0.543 e. The first-order valence-electron chi connectivity index (χ1n) is 3.06. The quantitative estimate of drug-likeness (QED) is 0.327. The Bertz CT molecular complexity index is 264. The van der Waals surface area contributed by atoms with Gasteiger partial charge in [0.2, 0.25) is 0 Å². The minimum absolute atomic E-state index is 0.0263. The molecule has 0 radical (unpaired) electrons. The Morgan fingerprint density at radius 3 is 2.45 bits per heavy atom. The lowest BCUT2D eigenvalue weighted by molar-refractivity contribution is -0.724. The Morgan fingerprint density at radius 2 is 2.09 bits per heavy atom. The first-order valence-corrected chi connectivity index (χ1v) is 3.06. The van der Waals surface area contributed by atoms with Crippen molar-refractivity contribution in [2.75, 3.05) is 6.54 Å². The SMILES string of the molecule is OC1(O)C[N-][N+]1=C1N=CC=N1. The molecule has 58 valence electrons. The lowest BCUT2D eigenvalue weighted by atomic mass is 10.4. The molecule has 0 aromatic carbocycles. The lowest BCUT2D eigenvalue weighted by Gasteiger charge is -2.46.